The van der Waals surface area contributed by atoms with Crippen molar-refractivity contribution in [3.8, 4) is 0 Å². The molecule has 1 unspecified atom stereocenters. The van der Waals surface area contributed by atoms with Crippen molar-refractivity contribution in [2.24, 2.45) is 5.73 Å². The lowest BCUT2D eigenvalue weighted by Gasteiger charge is -2.18. The fourth-order valence-corrected chi connectivity index (χ4v) is 3.37. The van der Waals surface area contributed by atoms with E-state index >= 15 is 0 Å². The second kappa shape index (κ2) is 22.9. The van der Waals surface area contributed by atoms with Crippen LogP contribution < -0.4 is 21.7 Å². The molecular weight excluding hydrogens is 424 g/mol. The van der Waals surface area contributed by atoms with Crippen LogP contribution in [0.15, 0.2) is 0 Å². The first-order valence-electron chi connectivity index (χ1n) is 12.4. The molecule has 0 radical (unpaired) electrons. The molecule has 0 aliphatic rings. The quantitative estimate of drug-likeness (QED) is 0.126. The van der Waals surface area contributed by atoms with E-state index in [4.69, 9.17) is 5.73 Å². The number of primary amides is 1. The van der Waals surface area contributed by atoms with Crippen LogP contribution in [0.2, 0.25) is 0 Å². The number of carbonyl (C=O) groups excluding carboxylic acids is 5. The maximum absolute atomic E-state index is 12.6. The molecule has 0 aromatic rings. The molecule has 33 heavy (non-hydrogen) atoms. The molecular formula is C24H44N4O5. The normalized spacial score (nSPS) is 11.5. The molecule has 9 heteroatoms. The molecule has 0 spiro atoms. The van der Waals surface area contributed by atoms with Crippen LogP contribution in [0, 0.1) is 0 Å². The maximum atomic E-state index is 12.6. The first kappa shape index (κ1) is 30.7. The summed E-state index contributed by atoms with van der Waals surface area (Å²) in [6, 6.07) is -0.291. The number of carbonyl (C=O) groups is 5. The first-order chi connectivity index (χ1) is 16.0. The van der Waals surface area contributed by atoms with Gasteiger partial charge >= 0.3 is 0 Å². The fourth-order valence-electron chi connectivity index (χ4n) is 3.37. The average molecular weight is 469 g/mol. The van der Waals surface area contributed by atoms with E-state index in [0.717, 1.165) is 70.4 Å². The molecule has 0 bridgehead atoms. The number of hydrogen-bond donors (Lipinski definition) is 4. The van der Waals surface area contributed by atoms with Crippen molar-refractivity contribution in [2.45, 2.75) is 102 Å². The van der Waals surface area contributed by atoms with E-state index < -0.39 is 0 Å². The molecule has 0 saturated carbocycles. The molecule has 3 amide bonds. The van der Waals surface area contributed by atoms with Gasteiger partial charge in [0, 0.05) is 38.8 Å². The lowest BCUT2D eigenvalue weighted by Crippen LogP contribution is -2.45. The minimum atomic E-state index is -0.300. The monoisotopic (exact) mass is 468 g/mol. The molecule has 0 fully saturated rings. The summed E-state index contributed by atoms with van der Waals surface area (Å²) in [5.41, 5.74) is 5.13. The van der Waals surface area contributed by atoms with Crippen molar-refractivity contribution in [1.29, 1.82) is 0 Å². The smallest absolute Gasteiger partial charge is 0.237 e. The number of rotatable bonds is 24. The third-order valence-electron chi connectivity index (χ3n) is 5.32. The zero-order valence-corrected chi connectivity index (χ0v) is 20.1. The summed E-state index contributed by atoms with van der Waals surface area (Å²) in [6.07, 6.45) is 12.5. The van der Waals surface area contributed by atoms with Gasteiger partial charge in [-0.2, -0.15) is 0 Å². The van der Waals surface area contributed by atoms with Crippen molar-refractivity contribution in [3.63, 3.8) is 0 Å². The Morgan fingerprint density at radius 2 is 1.24 bits per heavy atom. The van der Waals surface area contributed by atoms with Crippen LogP contribution in [0.5, 0.6) is 0 Å². The van der Waals surface area contributed by atoms with Crippen LogP contribution in [-0.4, -0.2) is 56.0 Å². The summed E-state index contributed by atoms with van der Waals surface area (Å²) in [7, 11) is 0. The SMILES string of the molecule is NC(=O)CCCCCNC(=O)C(CCCCNC(=O)CCCCC=O)NCCCCCC=O. The van der Waals surface area contributed by atoms with Crippen LogP contribution in [0.4, 0.5) is 0 Å². The van der Waals surface area contributed by atoms with Gasteiger partial charge in [-0.3, -0.25) is 14.4 Å². The molecule has 0 aliphatic carbocycles. The minimum Gasteiger partial charge on any atom is -0.370 e. The van der Waals surface area contributed by atoms with Gasteiger partial charge in [-0.05, 0) is 64.3 Å². The average Bonchev–Trinajstić information content (AvgIpc) is 2.79. The second-order valence-corrected chi connectivity index (χ2v) is 8.35. The van der Waals surface area contributed by atoms with Crippen molar-refractivity contribution in [3.05, 3.63) is 0 Å². The molecule has 0 aliphatic heterocycles. The van der Waals surface area contributed by atoms with E-state index in [0.29, 0.717) is 58.2 Å². The second-order valence-electron chi connectivity index (χ2n) is 8.35. The van der Waals surface area contributed by atoms with Gasteiger partial charge in [0.05, 0.1) is 6.04 Å². The number of aldehydes is 2. The highest BCUT2D eigenvalue weighted by atomic mass is 16.2. The van der Waals surface area contributed by atoms with E-state index in [2.05, 4.69) is 16.0 Å². The zero-order chi connectivity index (χ0) is 24.6. The Bertz CT molecular complexity index is 557. The lowest BCUT2D eigenvalue weighted by molar-refractivity contribution is -0.123. The Labute approximate surface area is 198 Å². The Kier molecular flexibility index (Phi) is 21.3. The molecule has 5 N–H and O–H groups in total. The highest BCUT2D eigenvalue weighted by molar-refractivity contribution is 5.81. The zero-order valence-electron chi connectivity index (χ0n) is 20.1. The van der Waals surface area contributed by atoms with Crippen LogP contribution in [0.25, 0.3) is 0 Å². The summed E-state index contributed by atoms with van der Waals surface area (Å²) < 4.78 is 0. The van der Waals surface area contributed by atoms with Gasteiger partial charge in [-0.15, -0.1) is 0 Å². The number of nitrogens with two attached hydrogens (primary N) is 1. The Balaban J connectivity index is 4.17. The van der Waals surface area contributed by atoms with Gasteiger partial charge in [0.25, 0.3) is 0 Å². The lowest BCUT2D eigenvalue weighted by atomic mass is 10.1. The first-order valence-corrected chi connectivity index (χ1v) is 12.4. The Hall–Kier alpha value is -2.29. The molecule has 0 rings (SSSR count). The number of amides is 3. The largest absolute Gasteiger partial charge is 0.370 e. The predicted molar refractivity (Wildman–Crippen MR) is 128 cm³/mol. The van der Waals surface area contributed by atoms with Gasteiger partial charge in [-0.1, -0.05) is 12.8 Å². The van der Waals surface area contributed by atoms with Gasteiger partial charge in [0.1, 0.15) is 12.6 Å². The third-order valence-corrected chi connectivity index (χ3v) is 5.32. The van der Waals surface area contributed by atoms with Gasteiger partial charge in [-0.25, -0.2) is 0 Å². The molecule has 1 atom stereocenters. The van der Waals surface area contributed by atoms with Crippen molar-refractivity contribution < 1.29 is 24.0 Å². The number of hydrogen-bond acceptors (Lipinski definition) is 6. The van der Waals surface area contributed by atoms with Crippen molar-refractivity contribution >= 4 is 30.3 Å². The summed E-state index contributed by atoms with van der Waals surface area (Å²) in [6.45, 7) is 1.86. The summed E-state index contributed by atoms with van der Waals surface area (Å²) in [5.74, 6) is -0.331. The van der Waals surface area contributed by atoms with Gasteiger partial charge in [0.15, 0.2) is 0 Å². The highest BCUT2D eigenvalue weighted by Crippen LogP contribution is 2.05. The molecule has 0 heterocycles. The highest BCUT2D eigenvalue weighted by Gasteiger charge is 2.16. The molecule has 0 aromatic carbocycles. The Morgan fingerprint density at radius 1 is 0.667 bits per heavy atom. The van der Waals surface area contributed by atoms with E-state index in [9.17, 15) is 24.0 Å². The standard InChI is InChI=1S/C24H44N4O5/c25-22(31)14-5-3-9-18-28-24(33)21(26-16-8-1-2-11-19-29)13-7-10-17-27-23(32)15-6-4-12-20-30/h19-21,26H,1-18H2,(H2,25,31)(H,27,32)(H,28,33). The van der Waals surface area contributed by atoms with Crippen LogP contribution in [0.1, 0.15) is 96.3 Å². The predicted octanol–water partition coefficient (Wildman–Crippen LogP) is 1.91. The number of unbranched alkanes of at least 4 members (excludes halogenated alkanes) is 8. The van der Waals surface area contributed by atoms with Crippen LogP contribution >= 0.6 is 0 Å². The van der Waals surface area contributed by atoms with Crippen molar-refractivity contribution in [1.82, 2.24) is 16.0 Å². The van der Waals surface area contributed by atoms with E-state index in [1.54, 1.807) is 0 Å². The van der Waals surface area contributed by atoms with E-state index in [1.807, 2.05) is 0 Å². The van der Waals surface area contributed by atoms with Crippen molar-refractivity contribution in [2.75, 3.05) is 19.6 Å². The summed E-state index contributed by atoms with van der Waals surface area (Å²) >= 11 is 0. The van der Waals surface area contributed by atoms with E-state index in [1.165, 1.54) is 0 Å². The number of nitrogens with one attached hydrogen (secondary N) is 3. The topological polar surface area (TPSA) is 147 Å². The van der Waals surface area contributed by atoms with E-state index in [-0.39, 0.29) is 23.8 Å². The third kappa shape index (κ3) is 21.3. The van der Waals surface area contributed by atoms with Crippen LogP contribution in [-0.2, 0) is 24.0 Å². The molecule has 9 nitrogen and oxygen atoms in total. The molecule has 0 saturated heterocycles. The Morgan fingerprint density at radius 3 is 1.94 bits per heavy atom. The minimum absolute atomic E-state index is 0.0000216. The maximum Gasteiger partial charge on any atom is 0.237 e. The molecule has 190 valence electrons. The summed E-state index contributed by atoms with van der Waals surface area (Å²) in [5, 5.41) is 9.18. The van der Waals surface area contributed by atoms with Gasteiger partial charge in [0.2, 0.25) is 17.7 Å². The molecule has 0 aromatic heterocycles. The van der Waals surface area contributed by atoms with Gasteiger partial charge < -0.3 is 31.3 Å². The summed E-state index contributed by atoms with van der Waals surface area (Å²) in [4.78, 5) is 55.8. The van der Waals surface area contributed by atoms with Crippen LogP contribution in [0.3, 0.4) is 0 Å². The fraction of sp³-hybridized carbons (Fsp3) is 0.792.